The van der Waals surface area contributed by atoms with Gasteiger partial charge in [0.25, 0.3) is 0 Å². The van der Waals surface area contributed by atoms with E-state index in [-0.39, 0.29) is 14.9 Å². The van der Waals surface area contributed by atoms with Gasteiger partial charge >= 0.3 is 30.2 Å². The first-order valence-electron chi connectivity index (χ1n) is 10.9. The molecule has 0 N–H and O–H groups in total. The minimum atomic E-state index is 0. The summed E-state index contributed by atoms with van der Waals surface area (Å²) in [5.74, 6) is 0. The zero-order chi connectivity index (χ0) is 22.1. The molecule has 5 rings (SSSR count). The maximum atomic E-state index is 3.06. The van der Waals surface area contributed by atoms with Crippen LogP contribution >= 0.6 is 0 Å². The standard InChI is InChI=1S/C16H13.C13H15.2CH3.Si.Zr/c1-12-10-14-8-5-9-15(16(14)11-12)13-6-3-2-4-7-13;1-2-3-6-11-9-10-12-7-4-5-8-13(11)12;;;;/h2-11H,1H3;4-5,7-10H,2-3,6H2,1H3;2*1H3;;/q4*-1;;. The Morgan fingerprint density at radius 2 is 1.45 bits per heavy atom. The molecule has 0 saturated carbocycles. The SMILES string of the molecule is CCCCc1c[cH-]c2ccccc12.Cc1cc2c(-c3ccccc3)cccc2[cH-]1.[CH3-].[CH3-].[Si]=[Zr]. The Morgan fingerprint density at radius 1 is 0.788 bits per heavy atom. The second kappa shape index (κ2) is 15.0. The zero-order valence-corrected chi connectivity index (χ0v) is 23.8. The predicted molar refractivity (Wildman–Crippen MR) is 146 cm³/mol. The number of hydrogen-bond acceptors (Lipinski definition) is 0. The normalized spacial score (nSPS) is 9.61. The Bertz CT molecular complexity index is 1210. The molecular weight excluding hydrogens is 492 g/mol. The summed E-state index contributed by atoms with van der Waals surface area (Å²) in [4.78, 5) is 0. The number of fused-ring (bicyclic) bond motifs is 2. The second-order valence-corrected chi connectivity index (χ2v) is 7.76. The van der Waals surface area contributed by atoms with Crippen LogP contribution in [-0.2, 0) is 29.8 Å². The van der Waals surface area contributed by atoms with Gasteiger partial charge in [0.15, 0.2) is 0 Å². The predicted octanol–water partition coefficient (Wildman–Crippen LogP) is 8.95. The fraction of sp³-hybridized carbons (Fsp3) is 0.161. The topological polar surface area (TPSA) is 0 Å². The summed E-state index contributed by atoms with van der Waals surface area (Å²) < 4.78 is 0. The van der Waals surface area contributed by atoms with Crippen molar-refractivity contribution < 1.29 is 23.3 Å². The fourth-order valence-corrected chi connectivity index (χ4v) is 4.05. The van der Waals surface area contributed by atoms with Crippen LogP contribution in [0.1, 0.15) is 30.9 Å². The first-order chi connectivity index (χ1) is 15.3. The van der Waals surface area contributed by atoms with Crippen molar-refractivity contribution in [3.05, 3.63) is 123 Å². The molecule has 0 unspecified atom stereocenters. The molecule has 0 aliphatic heterocycles. The Hall–Kier alpha value is -2.02. The van der Waals surface area contributed by atoms with Crippen molar-refractivity contribution in [1.29, 1.82) is 0 Å². The van der Waals surface area contributed by atoms with Crippen molar-refractivity contribution in [2.75, 3.05) is 0 Å². The van der Waals surface area contributed by atoms with Gasteiger partial charge in [-0.3, -0.25) is 0 Å². The molecule has 2 heteroatoms. The average Bonchev–Trinajstić information content (AvgIpc) is 3.42. The Kier molecular flexibility index (Phi) is 13.2. The van der Waals surface area contributed by atoms with Crippen molar-refractivity contribution in [2.45, 2.75) is 33.1 Å². The van der Waals surface area contributed by atoms with E-state index in [1.165, 1.54) is 86.4 Å². The third kappa shape index (κ3) is 7.49. The summed E-state index contributed by atoms with van der Waals surface area (Å²) >= 11 is 1.36. The third-order valence-electron chi connectivity index (χ3n) is 5.55. The van der Waals surface area contributed by atoms with Crippen LogP contribution in [-0.4, -0.2) is 6.88 Å². The molecule has 0 bridgehead atoms. The van der Waals surface area contributed by atoms with E-state index in [9.17, 15) is 0 Å². The summed E-state index contributed by atoms with van der Waals surface area (Å²) in [6.07, 6.45) is 3.80. The summed E-state index contributed by atoms with van der Waals surface area (Å²) in [5, 5.41) is 5.51. The molecular formula is C31H34SiZr-4. The molecule has 0 aliphatic carbocycles. The second-order valence-electron chi connectivity index (χ2n) is 7.76. The average molecular weight is 526 g/mol. The van der Waals surface area contributed by atoms with E-state index >= 15 is 0 Å². The summed E-state index contributed by atoms with van der Waals surface area (Å²) in [6.45, 7) is 7.45. The number of benzene rings is 3. The molecule has 0 atom stereocenters. The van der Waals surface area contributed by atoms with Gasteiger partial charge in [0.1, 0.15) is 0 Å². The van der Waals surface area contributed by atoms with E-state index in [0.717, 1.165) is 0 Å². The number of rotatable bonds is 4. The quantitative estimate of drug-likeness (QED) is 0.162. The minimum absolute atomic E-state index is 0. The molecule has 0 aromatic heterocycles. The van der Waals surface area contributed by atoms with Gasteiger partial charge in [0.2, 0.25) is 0 Å². The van der Waals surface area contributed by atoms with Crippen molar-refractivity contribution in [2.24, 2.45) is 0 Å². The van der Waals surface area contributed by atoms with Crippen LogP contribution in [0.5, 0.6) is 0 Å². The third-order valence-corrected chi connectivity index (χ3v) is 5.55. The fourth-order valence-electron chi connectivity index (χ4n) is 4.05. The van der Waals surface area contributed by atoms with Gasteiger partial charge in [-0.2, -0.15) is 11.6 Å². The molecule has 0 aliphatic rings. The van der Waals surface area contributed by atoms with Gasteiger partial charge in [0.05, 0.1) is 0 Å². The maximum absolute atomic E-state index is 3.06. The first-order valence-corrected chi connectivity index (χ1v) is 15.0. The number of aryl methyl sites for hydroxylation is 2. The van der Waals surface area contributed by atoms with Crippen LogP contribution < -0.4 is 0 Å². The Labute approximate surface area is 218 Å². The van der Waals surface area contributed by atoms with E-state index in [1.54, 1.807) is 0 Å². The molecule has 0 fully saturated rings. The molecule has 0 saturated heterocycles. The van der Waals surface area contributed by atoms with Crippen LogP contribution in [0.15, 0.2) is 97.1 Å². The first kappa shape index (κ1) is 29.0. The molecule has 170 valence electrons. The van der Waals surface area contributed by atoms with E-state index in [0.29, 0.717) is 0 Å². The molecule has 5 aromatic rings. The molecule has 0 nitrogen and oxygen atoms in total. The molecule has 0 amide bonds. The van der Waals surface area contributed by atoms with E-state index in [2.05, 4.69) is 118 Å². The van der Waals surface area contributed by atoms with Crippen LogP contribution in [0.25, 0.3) is 32.7 Å². The summed E-state index contributed by atoms with van der Waals surface area (Å²) in [6, 6.07) is 34.7. The van der Waals surface area contributed by atoms with Gasteiger partial charge in [-0.05, 0) is 5.56 Å². The van der Waals surface area contributed by atoms with E-state index < -0.39 is 0 Å². The van der Waals surface area contributed by atoms with Gasteiger partial charge in [0, 0.05) is 0 Å². The van der Waals surface area contributed by atoms with Crippen LogP contribution in [0.4, 0.5) is 0 Å². The van der Waals surface area contributed by atoms with Gasteiger partial charge in [-0.1, -0.05) is 81.1 Å². The molecule has 33 heavy (non-hydrogen) atoms. The van der Waals surface area contributed by atoms with Gasteiger partial charge < -0.3 is 14.9 Å². The summed E-state index contributed by atoms with van der Waals surface area (Å²) in [7, 11) is 0. The molecule has 0 heterocycles. The van der Waals surface area contributed by atoms with Gasteiger partial charge in [-0.25, -0.2) is 0 Å². The number of unbranched alkanes of at least 4 members (excludes halogenated alkanes) is 1. The van der Waals surface area contributed by atoms with Crippen LogP contribution in [0.2, 0.25) is 0 Å². The van der Waals surface area contributed by atoms with Crippen molar-refractivity contribution >= 4 is 28.4 Å². The van der Waals surface area contributed by atoms with Crippen molar-refractivity contribution in [3.63, 3.8) is 0 Å². The Balaban J connectivity index is 0.000000296. The Morgan fingerprint density at radius 3 is 2.18 bits per heavy atom. The van der Waals surface area contributed by atoms with Crippen LogP contribution in [0, 0.1) is 21.8 Å². The van der Waals surface area contributed by atoms with Crippen molar-refractivity contribution in [1.82, 2.24) is 0 Å². The van der Waals surface area contributed by atoms with Crippen LogP contribution in [0.3, 0.4) is 0 Å². The van der Waals surface area contributed by atoms with Crippen molar-refractivity contribution in [3.8, 4) is 11.1 Å². The van der Waals surface area contributed by atoms with Gasteiger partial charge in [-0.15, -0.1) is 75.6 Å². The molecule has 0 spiro atoms. The number of hydrogen-bond donors (Lipinski definition) is 0. The zero-order valence-electron chi connectivity index (χ0n) is 20.4. The summed E-state index contributed by atoms with van der Waals surface area (Å²) in [5.41, 5.74) is 5.46. The molecule has 5 aromatic carbocycles. The van der Waals surface area contributed by atoms with E-state index in [4.69, 9.17) is 0 Å². The monoisotopic (exact) mass is 524 g/mol. The van der Waals surface area contributed by atoms with E-state index in [1.807, 2.05) is 0 Å². The molecule has 2 radical (unpaired) electrons.